The summed E-state index contributed by atoms with van der Waals surface area (Å²) >= 11 is 3.50. The molecule has 0 saturated heterocycles. The minimum absolute atomic E-state index is 0.0595. The number of halogens is 1. The number of rotatable bonds is 6. The van der Waals surface area contributed by atoms with E-state index < -0.39 is 0 Å². The molecule has 0 saturated carbocycles. The summed E-state index contributed by atoms with van der Waals surface area (Å²) in [6, 6.07) is 13.2. The Balaban J connectivity index is 2.04. The molecule has 3 aromatic rings. The van der Waals surface area contributed by atoms with Crippen molar-refractivity contribution in [2.45, 2.75) is 26.7 Å². The van der Waals surface area contributed by atoms with Crippen molar-refractivity contribution >= 4 is 55.6 Å². The second-order valence-electron chi connectivity index (χ2n) is 6.27. The van der Waals surface area contributed by atoms with Crippen LogP contribution in [0.25, 0.3) is 10.9 Å². The van der Waals surface area contributed by atoms with Gasteiger partial charge in [0.05, 0.1) is 16.8 Å². The van der Waals surface area contributed by atoms with E-state index in [9.17, 15) is 9.59 Å². The number of hydrogen-bond donors (Lipinski definition) is 2. The highest BCUT2D eigenvalue weighted by Crippen LogP contribution is 2.32. The number of nitrogens with zero attached hydrogens (tertiary/aromatic N) is 1. The van der Waals surface area contributed by atoms with Crippen molar-refractivity contribution in [2.75, 3.05) is 10.6 Å². The molecular weight excluding hydrogens is 406 g/mol. The number of fused-ring (bicyclic) bond motifs is 1. The first-order chi connectivity index (χ1) is 13.0. The summed E-state index contributed by atoms with van der Waals surface area (Å²) in [7, 11) is 0. The van der Waals surface area contributed by atoms with Gasteiger partial charge in [-0.05, 0) is 48.9 Å². The number of amides is 1. The number of ketones is 1. The summed E-state index contributed by atoms with van der Waals surface area (Å²) in [6.45, 7) is 3.45. The van der Waals surface area contributed by atoms with E-state index in [2.05, 4.69) is 31.5 Å². The van der Waals surface area contributed by atoms with Crippen LogP contribution in [-0.2, 0) is 4.79 Å². The number of carbonyl (C=O) groups is 2. The van der Waals surface area contributed by atoms with Gasteiger partial charge in [-0.3, -0.25) is 14.6 Å². The first-order valence-electron chi connectivity index (χ1n) is 8.74. The fraction of sp³-hybridized carbons (Fsp3) is 0.190. The van der Waals surface area contributed by atoms with Crippen molar-refractivity contribution < 1.29 is 9.59 Å². The predicted molar refractivity (Wildman–Crippen MR) is 113 cm³/mol. The summed E-state index contributed by atoms with van der Waals surface area (Å²) in [5.41, 5.74) is 3.67. The van der Waals surface area contributed by atoms with Crippen molar-refractivity contribution in [1.82, 2.24) is 4.98 Å². The van der Waals surface area contributed by atoms with Crippen molar-refractivity contribution in [3.8, 4) is 0 Å². The Morgan fingerprint density at radius 3 is 2.44 bits per heavy atom. The molecule has 0 aliphatic rings. The highest BCUT2D eigenvalue weighted by atomic mass is 79.9. The van der Waals surface area contributed by atoms with Crippen LogP contribution < -0.4 is 10.6 Å². The van der Waals surface area contributed by atoms with Gasteiger partial charge in [0.1, 0.15) is 0 Å². The second kappa shape index (κ2) is 8.31. The minimum atomic E-state index is -0.117. The Hall–Kier alpha value is -2.73. The molecule has 0 fully saturated rings. The standard InChI is InChI=1S/C21H20BrN3O2/c1-3-4-20(27)18-12-23-19-10-5-14(22)11-17(19)21(18)25-16-8-6-15(7-9-16)24-13(2)26/h5-12H,3-4H2,1-2H3,(H,23,25)(H,24,26). The molecule has 0 atom stereocenters. The third-order valence-corrected chi connectivity index (χ3v) is 4.58. The minimum Gasteiger partial charge on any atom is -0.354 e. The number of nitrogens with one attached hydrogen (secondary N) is 2. The van der Waals surface area contributed by atoms with Crippen LogP contribution in [0.2, 0.25) is 0 Å². The molecule has 0 bridgehead atoms. The third kappa shape index (κ3) is 4.52. The highest BCUT2D eigenvalue weighted by Gasteiger charge is 2.15. The van der Waals surface area contributed by atoms with Crippen LogP contribution >= 0.6 is 15.9 Å². The normalized spacial score (nSPS) is 10.6. The van der Waals surface area contributed by atoms with Crippen molar-refractivity contribution in [1.29, 1.82) is 0 Å². The first kappa shape index (κ1) is 19.0. The Bertz CT molecular complexity index is 1000. The van der Waals surface area contributed by atoms with Gasteiger partial charge in [0.25, 0.3) is 0 Å². The smallest absolute Gasteiger partial charge is 0.221 e. The summed E-state index contributed by atoms with van der Waals surface area (Å²) in [6.07, 6.45) is 2.89. The monoisotopic (exact) mass is 425 g/mol. The molecule has 5 nitrogen and oxygen atoms in total. The topological polar surface area (TPSA) is 71.1 Å². The predicted octanol–water partition coefficient (Wildman–Crippen LogP) is 5.68. The molecule has 1 heterocycles. The first-order valence-corrected chi connectivity index (χ1v) is 9.53. The van der Waals surface area contributed by atoms with E-state index in [0.29, 0.717) is 12.0 Å². The van der Waals surface area contributed by atoms with E-state index in [1.165, 1.54) is 6.92 Å². The number of benzene rings is 2. The highest BCUT2D eigenvalue weighted by molar-refractivity contribution is 9.10. The van der Waals surface area contributed by atoms with E-state index in [0.717, 1.165) is 38.9 Å². The Morgan fingerprint density at radius 1 is 1.07 bits per heavy atom. The number of hydrogen-bond acceptors (Lipinski definition) is 4. The number of anilines is 3. The van der Waals surface area contributed by atoms with E-state index in [4.69, 9.17) is 0 Å². The second-order valence-corrected chi connectivity index (χ2v) is 7.18. The SMILES string of the molecule is CCCC(=O)c1cnc2ccc(Br)cc2c1Nc1ccc(NC(C)=O)cc1. The summed E-state index contributed by atoms with van der Waals surface area (Å²) in [4.78, 5) is 28.2. The maximum Gasteiger partial charge on any atom is 0.221 e. The molecule has 0 unspecified atom stereocenters. The lowest BCUT2D eigenvalue weighted by Crippen LogP contribution is -2.07. The third-order valence-electron chi connectivity index (χ3n) is 4.08. The maximum atomic E-state index is 12.6. The van der Waals surface area contributed by atoms with Crippen molar-refractivity contribution in [2.24, 2.45) is 0 Å². The Kier molecular flexibility index (Phi) is 5.86. The number of aromatic nitrogens is 1. The van der Waals surface area contributed by atoms with Crippen molar-refractivity contribution in [3.63, 3.8) is 0 Å². The molecule has 0 aliphatic carbocycles. The number of carbonyl (C=O) groups excluding carboxylic acids is 2. The van der Waals surface area contributed by atoms with Gasteiger partial charge in [-0.1, -0.05) is 22.9 Å². The largest absolute Gasteiger partial charge is 0.354 e. The molecule has 138 valence electrons. The van der Waals surface area contributed by atoms with Gasteiger partial charge >= 0.3 is 0 Å². The Labute approximate surface area is 166 Å². The van der Waals surface area contributed by atoms with E-state index >= 15 is 0 Å². The van der Waals surface area contributed by atoms with Crippen LogP contribution in [0.1, 0.15) is 37.0 Å². The average molecular weight is 426 g/mol. The molecule has 0 spiro atoms. The fourth-order valence-corrected chi connectivity index (χ4v) is 3.22. The lowest BCUT2D eigenvalue weighted by atomic mass is 10.0. The molecule has 6 heteroatoms. The zero-order chi connectivity index (χ0) is 19.4. The van der Waals surface area contributed by atoms with Gasteiger partial charge in [0.2, 0.25) is 5.91 Å². The van der Waals surface area contributed by atoms with E-state index in [1.54, 1.807) is 6.20 Å². The van der Waals surface area contributed by atoms with Crippen LogP contribution in [0.5, 0.6) is 0 Å². The lowest BCUT2D eigenvalue weighted by molar-refractivity contribution is -0.114. The van der Waals surface area contributed by atoms with Gasteiger partial charge in [-0.15, -0.1) is 0 Å². The van der Waals surface area contributed by atoms with E-state index in [1.807, 2.05) is 49.4 Å². The molecule has 3 rings (SSSR count). The molecule has 2 aromatic carbocycles. The molecule has 2 N–H and O–H groups in total. The molecule has 1 amide bonds. The van der Waals surface area contributed by atoms with Gasteiger partial charge < -0.3 is 10.6 Å². The average Bonchev–Trinajstić information content (AvgIpc) is 2.63. The molecule has 0 radical (unpaired) electrons. The van der Waals surface area contributed by atoms with Crippen LogP contribution in [0, 0.1) is 0 Å². The fourth-order valence-electron chi connectivity index (χ4n) is 2.86. The van der Waals surface area contributed by atoms with Gasteiger partial charge in [0.15, 0.2) is 5.78 Å². The van der Waals surface area contributed by atoms with Gasteiger partial charge in [0, 0.05) is 40.8 Å². The van der Waals surface area contributed by atoms with Crippen LogP contribution in [0.15, 0.2) is 53.1 Å². The van der Waals surface area contributed by atoms with Gasteiger partial charge in [-0.2, -0.15) is 0 Å². The number of Topliss-reactive ketones (excluding diaryl/α,β-unsaturated/α-hetero) is 1. The van der Waals surface area contributed by atoms with Crippen LogP contribution in [-0.4, -0.2) is 16.7 Å². The molecule has 27 heavy (non-hydrogen) atoms. The lowest BCUT2D eigenvalue weighted by Gasteiger charge is -2.15. The molecule has 1 aromatic heterocycles. The van der Waals surface area contributed by atoms with E-state index in [-0.39, 0.29) is 11.7 Å². The number of pyridine rings is 1. The van der Waals surface area contributed by atoms with Crippen molar-refractivity contribution in [3.05, 3.63) is 58.7 Å². The summed E-state index contributed by atoms with van der Waals surface area (Å²) in [5, 5.41) is 6.98. The molecular formula is C21H20BrN3O2. The van der Waals surface area contributed by atoms with Gasteiger partial charge in [-0.25, -0.2) is 0 Å². The Morgan fingerprint density at radius 2 is 1.78 bits per heavy atom. The maximum absolute atomic E-state index is 12.6. The summed E-state index contributed by atoms with van der Waals surface area (Å²) < 4.78 is 0.918. The quantitative estimate of drug-likeness (QED) is 0.498. The molecule has 0 aliphatic heterocycles. The van der Waals surface area contributed by atoms with Crippen LogP contribution in [0.4, 0.5) is 17.1 Å². The van der Waals surface area contributed by atoms with Crippen LogP contribution in [0.3, 0.4) is 0 Å². The summed E-state index contributed by atoms with van der Waals surface area (Å²) in [5.74, 6) is -0.0580. The zero-order valence-electron chi connectivity index (χ0n) is 15.2. The zero-order valence-corrected chi connectivity index (χ0v) is 16.8.